The molecule has 0 unspecified atom stereocenters. The van der Waals surface area contributed by atoms with Crippen LogP contribution in [0.2, 0.25) is 0 Å². The summed E-state index contributed by atoms with van der Waals surface area (Å²) in [6.45, 7) is 0.621. The molecule has 2 saturated heterocycles. The Balaban J connectivity index is 1.38. The van der Waals surface area contributed by atoms with Crippen molar-refractivity contribution in [3.63, 3.8) is 0 Å². The number of hydrogen-bond donors (Lipinski definition) is 3. The summed E-state index contributed by atoms with van der Waals surface area (Å²) in [5.41, 5.74) is 8.94. The van der Waals surface area contributed by atoms with Crippen LogP contribution in [0.1, 0.15) is 6.42 Å². The monoisotopic (exact) mass is 529 g/mol. The van der Waals surface area contributed by atoms with E-state index in [4.69, 9.17) is 15.0 Å². The Morgan fingerprint density at radius 3 is 2.82 bits per heavy atom. The van der Waals surface area contributed by atoms with Gasteiger partial charge in [-0.05, 0) is 30.2 Å². The molecule has 3 N–H and O–H groups in total. The maximum atomic E-state index is 15.1. The quantitative estimate of drug-likeness (QED) is 0.356. The van der Waals surface area contributed by atoms with Gasteiger partial charge in [-0.25, -0.2) is 23.2 Å². The molecule has 2 aliphatic heterocycles. The number of benzene rings is 1. The van der Waals surface area contributed by atoms with E-state index in [0.717, 1.165) is 0 Å². The van der Waals surface area contributed by atoms with Crippen molar-refractivity contribution >= 4 is 22.8 Å². The van der Waals surface area contributed by atoms with Gasteiger partial charge < -0.3 is 20.1 Å². The van der Waals surface area contributed by atoms with Crippen LogP contribution in [0, 0.1) is 16.9 Å². The predicted molar refractivity (Wildman–Crippen MR) is 132 cm³/mol. The SMILES string of the molecule is COc1nc(N[C@H]2CCN(C3(C#N)COC3)C[C@H]2F)nn2ccc(-c3ccc(N=N)c(NCC(F)F)c3)c12. The lowest BCUT2D eigenvalue weighted by atomic mass is 9.92. The molecule has 3 aromatic rings. The van der Waals surface area contributed by atoms with Crippen molar-refractivity contribution in [2.45, 2.75) is 30.6 Å². The molecule has 0 saturated carbocycles. The van der Waals surface area contributed by atoms with E-state index < -0.39 is 30.7 Å². The Kier molecular flexibility index (Phi) is 7.04. The van der Waals surface area contributed by atoms with Crippen molar-refractivity contribution in [3.8, 4) is 23.1 Å². The Labute approximate surface area is 216 Å². The molecular formula is C24H26F3N9O2. The predicted octanol–water partition coefficient (Wildman–Crippen LogP) is 3.86. The van der Waals surface area contributed by atoms with Gasteiger partial charge in [-0.15, -0.1) is 5.10 Å². The average Bonchev–Trinajstić information content (AvgIpc) is 3.32. The van der Waals surface area contributed by atoms with E-state index in [-0.39, 0.29) is 37.3 Å². The number of halogens is 3. The second-order valence-electron chi connectivity index (χ2n) is 9.22. The number of rotatable bonds is 9. The molecule has 2 aliphatic rings. The van der Waals surface area contributed by atoms with Gasteiger partial charge in [0.2, 0.25) is 11.8 Å². The van der Waals surface area contributed by atoms with Crippen molar-refractivity contribution < 1.29 is 22.6 Å². The summed E-state index contributed by atoms with van der Waals surface area (Å²) in [5, 5.41) is 23.1. The van der Waals surface area contributed by atoms with E-state index in [1.54, 1.807) is 35.0 Å². The molecule has 2 aromatic heterocycles. The topological polar surface area (TPSA) is 136 Å². The van der Waals surface area contributed by atoms with E-state index >= 15 is 4.39 Å². The largest absolute Gasteiger partial charge is 0.479 e. The second kappa shape index (κ2) is 10.4. The lowest BCUT2D eigenvalue weighted by molar-refractivity contribution is -0.121. The number of hydrogen-bond acceptors (Lipinski definition) is 10. The first-order valence-corrected chi connectivity index (χ1v) is 12.0. The standard InChI is InChI=1S/C24H26F3N9O2/c1-37-22-21-15(14-2-3-18(33-29)19(8-14)30-9-20(26)27)4-7-36(21)34-23(32-22)31-17-5-6-35(10-16(17)25)24(11-28)12-38-13-24/h2-4,7-8,16-17,20,29-30H,5-6,9-10,12-13H2,1H3,(H,31,34)/t16-,17+/m1/s1. The number of piperidine rings is 1. The first kappa shape index (κ1) is 25.7. The number of ether oxygens (including phenoxy) is 2. The Morgan fingerprint density at radius 1 is 1.37 bits per heavy atom. The van der Waals surface area contributed by atoms with Gasteiger partial charge in [0.15, 0.2) is 5.54 Å². The van der Waals surface area contributed by atoms with Crippen molar-refractivity contribution in [1.29, 1.82) is 10.8 Å². The highest BCUT2D eigenvalue weighted by Gasteiger charge is 2.48. The molecular weight excluding hydrogens is 503 g/mol. The van der Waals surface area contributed by atoms with E-state index in [2.05, 4.69) is 31.9 Å². The van der Waals surface area contributed by atoms with E-state index in [1.807, 2.05) is 4.90 Å². The van der Waals surface area contributed by atoms with Gasteiger partial charge in [-0.3, -0.25) is 4.90 Å². The molecule has 0 amide bonds. The number of likely N-dealkylation sites (tertiary alicyclic amines) is 1. The van der Waals surface area contributed by atoms with Crippen LogP contribution in [-0.4, -0.2) is 83.6 Å². The minimum atomic E-state index is -2.57. The molecule has 14 heteroatoms. The van der Waals surface area contributed by atoms with Crippen LogP contribution in [0.25, 0.3) is 16.6 Å². The normalized spacial score (nSPS) is 21.1. The third-order valence-electron chi connectivity index (χ3n) is 6.90. The molecule has 4 heterocycles. The summed E-state index contributed by atoms with van der Waals surface area (Å²) in [6, 6.07) is 8.38. The first-order chi connectivity index (χ1) is 18.4. The van der Waals surface area contributed by atoms with Crippen molar-refractivity contribution in [2.24, 2.45) is 5.11 Å². The zero-order valence-electron chi connectivity index (χ0n) is 20.5. The summed E-state index contributed by atoms with van der Waals surface area (Å²) < 4.78 is 52.9. The maximum absolute atomic E-state index is 15.1. The van der Waals surface area contributed by atoms with Gasteiger partial charge in [0.1, 0.15) is 17.4 Å². The zero-order valence-corrected chi connectivity index (χ0v) is 20.5. The lowest BCUT2D eigenvalue weighted by Crippen LogP contribution is -2.65. The fraction of sp³-hybridized carbons (Fsp3) is 0.458. The van der Waals surface area contributed by atoms with Gasteiger partial charge in [0.25, 0.3) is 6.43 Å². The number of nitriles is 1. The number of anilines is 2. The van der Waals surface area contributed by atoms with Crippen molar-refractivity contribution in [2.75, 3.05) is 50.6 Å². The number of aromatic nitrogens is 3. The smallest absolute Gasteiger partial charge is 0.255 e. The fourth-order valence-electron chi connectivity index (χ4n) is 4.79. The number of nitrogens with zero attached hydrogens (tertiary/aromatic N) is 6. The van der Waals surface area contributed by atoms with Crippen LogP contribution in [0.4, 0.5) is 30.5 Å². The molecule has 5 rings (SSSR count). The van der Waals surface area contributed by atoms with Crippen molar-refractivity contribution in [3.05, 3.63) is 30.5 Å². The molecule has 0 radical (unpaired) electrons. The fourth-order valence-corrected chi connectivity index (χ4v) is 4.79. The Hall–Kier alpha value is -3.96. The molecule has 2 atom stereocenters. The Bertz CT molecular complexity index is 1370. The summed E-state index contributed by atoms with van der Waals surface area (Å²) in [4.78, 5) is 6.29. The molecule has 1 aromatic carbocycles. The van der Waals surface area contributed by atoms with Crippen LogP contribution >= 0.6 is 0 Å². The number of fused-ring (bicyclic) bond motifs is 1. The van der Waals surface area contributed by atoms with Crippen LogP contribution in [0.15, 0.2) is 35.6 Å². The highest BCUT2D eigenvalue weighted by atomic mass is 19.3. The first-order valence-electron chi connectivity index (χ1n) is 12.0. The van der Waals surface area contributed by atoms with Gasteiger partial charge in [-0.1, -0.05) is 6.07 Å². The summed E-state index contributed by atoms with van der Waals surface area (Å²) >= 11 is 0. The summed E-state index contributed by atoms with van der Waals surface area (Å²) in [7, 11) is 1.46. The molecule has 0 aliphatic carbocycles. The maximum Gasteiger partial charge on any atom is 0.255 e. The number of alkyl halides is 3. The number of methoxy groups -OCH3 is 1. The van der Waals surface area contributed by atoms with Crippen LogP contribution in [0.3, 0.4) is 0 Å². The van der Waals surface area contributed by atoms with Gasteiger partial charge in [0.05, 0.1) is 44.7 Å². The van der Waals surface area contributed by atoms with E-state index in [1.165, 1.54) is 7.11 Å². The van der Waals surface area contributed by atoms with Crippen LogP contribution < -0.4 is 15.4 Å². The van der Waals surface area contributed by atoms with Crippen molar-refractivity contribution in [1.82, 2.24) is 19.5 Å². The lowest BCUT2D eigenvalue weighted by Gasteiger charge is -2.48. The van der Waals surface area contributed by atoms with E-state index in [9.17, 15) is 14.0 Å². The summed E-state index contributed by atoms with van der Waals surface area (Å²) in [5.74, 6) is 0.420. The third-order valence-corrected chi connectivity index (χ3v) is 6.90. The van der Waals surface area contributed by atoms with Gasteiger partial charge in [-0.2, -0.15) is 15.4 Å². The minimum absolute atomic E-state index is 0.101. The minimum Gasteiger partial charge on any atom is -0.479 e. The zero-order chi connectivity index (χ0) is 26.9. The Morgan fingerprint density at radius 2 is 2.18 bits per heavy atom. The van der Waals surface area contributed by atoms with Crippen LogP contribution in [-0.2, 0) is 4.74 Å². The molecule has 38 heavy (non-hydrogen) atoms. The third kappa shape index (κ3) is 4.70. The molecule has 0 bridgehead atoms. The molecule has 11 nitrogen and oxygen atoms in total. The van der Waals surface area contributed by atoms with E-state index in [0.29, 0.717) is 35.3 Å². The highest BCUT2D eigenvalue weighted by Crippen LogP contribution is 2.36. The summed E-state index contributed by atoms with van der Waals surface area (Å²) in [6.07, 6.45) is -1.67. The highest BCUT2D eigenvalue weighted by molar-refractivity contribution is 5.87. The second-order valence-corrected chi connectivity index (χ2v) is 9.22. The van der Waals surface area contributed by atoms with Gasteiger partial charge >= 0.3 is 0 Å². The number of nitrogens with one attached hydrogen (secondary N) is 3. The average molecular weight is 530 g/mol. The molecule has 0 spiro atoms. The van der Waals surface area contributed by atoms with Crippen LogP contribution in [0.5, 0.6) is 5.88 Å². The molecule has 2 fully saturated rings. The van der Waals surface area contributed by atoms with Gasteiger partial charge in [0, 0.05) is 24.8 Å². The molecule has 200 valence electrons.